The van der Waals surface area contributed by atoms with Crippen molar-refractivity contribution in [3.63, 3.8) is 0 Å². The molecule has 2 aromatic rings. The summed E-state index contributed by atoms with van der Waals surface area (Å²) in [5, 5.41) is 9.08. The van der Waals surface area contributed by atoms with Crippen LogP contribution in [0.3, 0.4) is 0 Å². The minimum atomic E-state index is -0.898. The number of rotatable bonds is 6. The summed E-state index contributed by atoms with van der Waals surface area (Å²) in [6, 6.07) is 7.05. The van der Waals surface area contributed by atoms with Crippen molar-refractivity contribution in [2.24, 2.45) is 0 Å². The summed E-state index contributed by atoms with van der Waals surface area (Å²) in [6.07, 6.45) is 4.63. The summed E-state index contributed by atoms with van der Waals surface area (Å²) in [4.78, 5) is 17.9. The Balaban J connectivity index is 1.63. The SMILES string of the molecule is O=C(O)c1cccc(Cn2ccnc2CCN2CCOCC2)c1. The third-order valence-corrected chi connectivity index (χ3v) is 4.08. The van der Waals surface area contributed by atoms with E-state index in [0.717, 1.165) is 50.7 Å². The quantitative estimate of drug-likeness (QED) is 0.875. The first kappa shape index (κ1) is 15.7. The zero-order valence-corrected chi connectivity index (χ0v) is 13.0. The normalized spacial score (nSPS) is 15.7. The minimum Gasteiger partial charge on any atom is -0.478 e. The van der Waals surface area contributed by atoms with Crippen LogP contribution in [0.25, 0.3) is 0 Å². The molecule has 0 atom stereocenters. The largest absolute Gasteiger partial charge is 0.478 e. The maximum Gasteiger partial charge on any atom is 0.335 e. The Morgan fingerprint density at radius 3 is 2.91 bits per heavy atom. The number of hydrogen-bond donors (Lipinski definition) is 1. The molecule has 0 radical (unpaired) electrons. The summed E-state index contributed by atoms with van der Waals surface area (Å²) >= 11 is 0. The number of aromatic nitrogens is 2. The molecule has 1 saturated heterocycles. The molecule has 1 aromatic heterocycles. The first-order valence-electron chi connectivity index (χ1n) is 7.85. The highest BCUT2D eigenvalue weighted by Gasteiger charge is 2.12. The molecule has 6 nitrogen and oxygen atoms in total. The standard InChI is InChI=1S/C17H21N3O3/c21-17(22)15-3-1-2-14(12-15)13-20-7-5-18-16(20)4-6-19-8-10-23-11-9-19/h1-3,5,7,12H,4,6,8-11,13H2,(H,21,22). The molecule has 0 aliphatic carbocycles. The molecule has 1 fully saturated rings. The molecule has 1 aromatic carbocycles. The van der Waals surface area contributed by atoms with E-state index in [4.69, 9.17) is 9.84 Å². The second kappa shape index (κ2) is 7.39. The Morgan fingerprint density at radius 2 is 2.13 bits per heavy atom. The minimum absolute atomic E-state index is 0.317. The van der Waals surface area contributed by atoms with E-state index in [2.05, 4.69) is 14.5 Å². The van der Waals surface area contributed by atoms with Crippen molar-refractivity contribution >= 4 is 5.97 Å². The number of carboxylic acid groups (broad SMARTS) is 1. The molecule has 1 N–H and O–H groups in total. The van der Waals surface area contributed by atoms with Crippen LogP contribution in [0.2, 0.25) is 0 Å². The van der Waals surface area contributed by atoms with Gasteiger partial charge in [-0.25, -0.2) is 9.78 Å². The van der Waals surface area contributed by atoms with Gasteiger partial charge in [0.1, 0.15) is 5.82 Å². The maximum absolute atomic E-state index is 11.1. The highest BCUT2D eigenvalue weighted by atomic mass is 16.5. The van der Waals surface area contributed by atoms with E-state index in [1.807, 2.05) is 12.3 Å². The second-order valence-electron chi connectivity index (χ2n) is 5.68. The first-order chi connectivity index (χ1) is 11.2. The van der Waals surface area contributed by atoms with Gasteiger partial charge in [-0.2, -0.15) is 0 Å². The van der Waals surface area contributed by atoms with Gasteiger partial charge in [-0.1, -0.05) is 12.1 Å². The fourth-order valence-corrected chi connectivity index (χ4v) is 2.79. The van der Waals surface area contributed by atoms with Crippen LogP contribution in [0.15, 0.2) is 36.7 Å². The van der Waals surface area contributed by atoms with Crippen LogP contribution in [0, 0.1) is 0 Å². The van der Waals surface area contributed by atoms with Crippen molar-refractivity contribution in [2.75, 3.05) is 32.8 Å². The monoisotopic (exact) mass is 315 g/mol. The van der Waals surface area contributed by atoms with Gasteiger partial charge in [-0.3, -0.25) is 4.90 Å². The van der Waals surface area contributed by atoms with Gasteiger partial charge in [0.05, 0.1) is 18.8 Å². The molecule has 3 rings (SSSR count). The van der Waals surface area contributed by atoms with Crippen LogP contribution < -0.4 is 0 Å². The average Bonchev–Trinajstić information content (AvgIpc) is 3.01. The molecule has 0 spiro atoms. The Bertz CT molecular complexity index is 663. The molecule has 122 valence electrons. The van der Waals surface area contributed by atoms with Crippen LogP contribution in [0.1, 0.15) is 21.7 Å². The van der Waals surface area contributed by atoms with Crippen molar-refractivity contribution < 1.29 is 14.6 Å². The van der Waals surface area contributed by atoms with E-state index < -0.39 is 5.97 Å². The predicted molar refractivity (Wildman–Crippen MR) is 85.7 cm³/mol. The third-order valence-electron chi connectivity index (χ3n) is 4.08. The van der Waals surface area contributed by atoms with E-state index in [0.29, 0.717) is 12.1 Å². The summed E-state index contributed by atoms with van der Waals surface area (Å²) in [7, 11) is 0. The highest BCUT2D eigenvalue weighted by molar-refractivity contribution is 5.87. The average molecular weight is 315 g/mol. The summed E-state index contributed by atoms with van der Waals surface area (Å²) in [5.41, 5.74) is 1.29. The second-order valence-corrected chi connectivity index (χ2v) is 5.68. The lowest BCUT2D eigenvalue weighted by Crippen LogP contribution is -2.37. The van der Waals surface area contributed by atoms with Crippen LogP contribution in [0.4, 0.5) is 0 Å². The zero-order valence-electron chi connectivity index (χ0n) is 13.0. The van der Waals surface area contributed by atoms with Gasteiger partial charge in [-0.15, -0.1) is 0 Å². The highest BCUT2D eigenvalue weighted by Crippen LogP contribution is 2.10. The van der Waals surface area contributed by atoms with E-state index in [-0.39, 0.29) is 0 Å². The Labute approximate surface area is 135 Å². The lowest BCUT2D eigenvalue weighted by atomic mass is 10.1. The number of morpholine rings is 1. The number of carboxylic acids is 1. The number of nitrogens with zero attached hydrogens (tertiary/aromatic N) is 3. The summed E-state index contributed by atoms with van der Waals surface area (Å²) in [5.74, 6) is 0.127. The van der Waals surface area contributed by atoms with Gasteiger partial charge in [-0.05, 0) is 17.7 Å². The molecule has 1 aliphatic rings. The van der Waals surface area contributed by atoms with Gasteiger partial charge in [0.15, 0.2) is 0 Å². The fourth-order valence-electron chi connectivity index (χ4n) is 2.79. The van der Waals surface area contributed by atoms with Gasteiger partial charge >= 0.3 is 5.97 Å². The Morgan fingerprint density at radius 1 is 1.30 bits per heavy atom. The maximum atomic E-state index is 11.1. The molecular weight excluding hydrogens is 294 g/mol. The number of ether oxygens (including phenoxy) is 1. The summed E-state index contributed by atoms with van der Waals surface area (Å²) in [6.45, 7) is 5.16. The molecule has 0 bridgehead atoms. The Hall–Kier alpha value is -2.18. The van der Waals surface area contributed by atoms with Crippen LogP contribution in [-0.4, -0.2) is 58.4 Å². The van der Waals surface area contributed by atoms with Crippen molar-refractivity contribution in [1.29, 1.82) is 0 Å². The first-order valence-corrected chi connectivity index (χ1v) is 7.85. The molecular formula is C17H21N3O3. The lowest BCUT2D eigenvalue weighted by molar-refractivity contribution is 0.0381. The van der Waals surface area contributed by atoms with Crippen molar-refractivity contribution in [3.8, 4) is 0 Å². The van der Waals surface area contributed by atoms with E-state index >= 15 is 0 Å². The molecule has 2 heterocycles. The van der Waals surface area contributed by atoms with Gasteiger partial charge in [0.2, 0.25) is 0 Å². The van der Waals surface area contributed by atoms with Crippen molar-refractivity contribution in [2.45, 2.75) is 13.0 Å². The molecule has 0 amide bonds. The Kier molecular flexibility index (Phi) is 5.05. The molecule has 1 aliphatic heterocycles. The van der Waals surface area contributed by atoms with E-state index in [1.54, 1.807) is 24.4 Å². The topological polar surface area (TPSA) is 67.6 Å². The van der Waals surface area contributed by atoms with Crippen LogP contribution in [0.5, 0.6) is 0 Å². The van der Waals surface area contributed by atoms with Crippen molar-refractivity contribution in [1.82, 2.24) is 14.5 Å². The van der Waals surface area contributed by atoms with Gasteiger partial charge < -0.3 is 14.4 Å². The smallest absolute Gasteiger partial charge is 0.335 e. The van der Waals surface area contributed by atoms with Crippen molar-refractivity contribution in [3.05, 3.63) is 53.6 Å². The number of hydrogen-bond acceptors (Lipinski definition) is 4. The molecule has 0 saturated carbocycles. The van der Waals surface area contributed by atoms with Crippen LogP contribution >= 0.6 is 0 Å². The van der Waals surface area contributed by atoms with Crippen LogP contribution in [-0.2, 0) is 17.7 Å². The van der Waals surface area contributed by atoms with E-state index in [9.17, 15) is 4.79 Å². The third kappa shape index (κ3) is 4.18. The fraction of sp³-hybridized carbons (Fsp3) is 0.412. The lowest BCUT2D eigenvalue weighted by Gasteiger charge is -2.26. The van der Waals surface area contributed by atoms with Gasteiger partial charge in [0, 0.05) is 45.0 Å². The number of carbonyl (C=O) groups is 1. The summed E-state index contributed by atoms with van der Waals surface area (Å²) < 4.78 is 7.44. The van der Waals surface area contributed by atoms with E-state index in [1.165, 1.54) is 0 Å². The zero-order chi connectivity index (χ0) is 16.1. The molecule has 0 unspecified atom stereocenters. The molecule has 23 heavy (non-hydrogen) atoms. The number of aromatic carboxylic acids is 1. The number of benzene rings is 1. The predicted octanol–water partition coefficient (Wildman–Crippen LogP) is 1.50. The molecule has 6 heteroatoms. The number of imidazole rings is 1. The van der Waals surface area contributed by atoms with Gasteiger partial charge in [0.25, 0.3) is 0 Å².